The number of rotatable bonds is 7. The molecule has 0 aliphatic rings. The first-order valence-corrected chi connectivity index (χ1v) is 6.91. The Morgan fingerprint density at radius 3 is 2.43 bits per heavy atom. The molecule has 2 amide bonds. The Hall–Kier alpha value is -2.08. The molecule has 1 aromatic rings. The maximum Gasteiger partial charge on any atom is 0.321 e. The summed E-state index contributed by atoms with van der Waals surface area (Å²) in [6, 6.07) is 6.75. The Morgan fingerprint density at radius 2 is 1.95 bits per heavy atom. The molecule has 0 saturated heterocycles. The summed E-state index contributed by atoms with van der Waals surface area (Å²) >= 11 is 0. The van der Waals surface area contributed by atoms with Crippen LogP contribution in [-0.2, 0) is 0 Å². The molecule has 3 N–H and O–H groups in total. The van der Waals surface area contributed by atoms with Crippen LogP contribution in [-0.4, -0.2) is 37.2 Å². The first-order chi connectivity index (χ1) is 10.1. The molecule has 1 rings (SSSR count). The molecule has 0 aromatic heterocycles. The van der Waals surface area contributed by atoms with Gasteiger partial charge in [0, 0.05) is 30.9 Å². The summed E-state index contributed by atoms with van der Waals surface area (Å²) in [4.78, 5) is 13.6. The second-order valence-corrected chi connectivity index (χ2v) is 4.39. The fourth-order valence-corrected chi connectivity index (χ4v) is 1.66. The van der Waals surface area contributed by atoms with Gasteiger partial charge in [0.1, 0.15) is 12.4 Å². The van der Waals surface area contributed by atoms with Crippen molar-refractivity contribution < 1.29 is 13.9 Å². The summed E-state index contributed by atoms with van der Waals surface area (Å²) in [7, 11) is 0. The number of carbonyl (C=O) groups is 1. The van der Waals surface area contributed by atoms with Gasteiger partial charge in [0.2, 0.25) is 0 Å². The molecule has 116 valence electrons. The van der Waals surface area contributed by atoms with E-state index >= 15 is 0 Å². The van der Waals surface area contributed by atoms with E-state index in [1.807, 2.05) is 13.8 Å². The highest BCUT2D eigenvalue weighted by molar-refractivity contribution is 5.89. The summed E-state index contributed by atoms with van der Waals surface area (Å²) in [6.45, 7) is 5.38. The Labute approximate surface area is 124 Å². The van der Waals surface area contributed by atoms with Gasteiger partial charge in [0.25, 0.3) is 0 Å². The fraction of sp³-hybridized carbons (Fsp3) is 0.400. The number of ether oxygens (including phenoxy) is 1. The Kier molecular flexibility index (Phi) is 7.25. The molecule has 5 nitrogen and oxygen atoms in total. The van der Waals surface area contributed by atoms with Gasteiger partial charge >= 0.3 is 6.03 Å². The highest BCUT2D eigenvalue weighted by Gasteiger charge is 2.09. The molecule has 0 aliphatic heterocycles. The Morgan fingerprint density at radius 1 is 1.33 bits per heavy atom. The number of anilines is 1. The first kappa shape index (κ1) is 17.0. The molecule has 21 heavy (non-hydrogen) atoms. The third-order valence-corrected chi connectivity index (χ3v) is 3.00. The van der Waals surface area contributed by atoms with Crippen molar-refractivity contribution in [1.29, 1.82) is 0 Å². The molecule has 1 aromatic carbocycles. The number of carbonyl (C=O) groups excluding carboxylic acids is 1. The van der Waals surface area contributed by atoms with Crippen LogP contribution in [0, 0.1) is 0 Å². The van der Waals surface area contributed by atoms with Gasteiger partial charge < -0.3 is 20.7 Å². The molecular formula is C15H22FN3O2. The van der Waals surface area contributed by atoms with Gasteiger partial charge in [-0.2, -0.15) is 0 Å². The number of nitrogens with zero attached hydrogens (tertiary/aromatic N) is 1. The smallest absolute Gasteiger partial charge is 0.321 e. The summed E-state index contributed by atoms with van der Waals surface area (Å²) in [5.74, 6) is 0.587. The SMILES string of the molecule is CCN(CC)C(=O)Nc1ccc(OC/C(=C/F)CN)cc1. The predicted octanol–water partition coefficient (Wildman–Crippen LogP) is 2.75. The van der Waals surface area contributed by atoms with Crippen LogP contribution < -0.4 is 15.8 Å². The van der Waals surface area contributed by atoms with Gasteiger partial charge in [-0.05, 0) is 38.1 Å². The summed E-state index contributed by atoms with van der Waals surface area (Å²) in [5, 5.41) is 2.80. The summed E-state index contributed by atoms with van der Waals surface area (Å²) in [6.07, 6.45) is 0.457. The van der Waals surface area contributed by atoms with Crippen molar-refractivity contribution >= 4 is 11.7 Å². The standard InChI is InChI=1S/C15H22FN3O2/c1-3-19(4-2)15(20)18-13-5-7-14(8-6-13)21-11-12(9-16)10-17/h5-9H,3-4,10-11,17H2,1-2H3,(H,18,20)/b12-9+. The van der Waals surface area contributed by atoms with Gasteiger partial charge in [-0.25, -0.2) is 9.18 Å². The van der Waals surface area contributed by atoms with Crippen molar-refractivity contribution in [3.63, 3.8) is 0 Å². The van der Waals surface area contributed by atoms with Gasteiger partial charge in [-0.3, -0.25) is 0 Å². The number of hydrogen-bond acceptors (Lipinski definition) is 3. The largest absolute Gasteiger partial charge is 0.489 e. The van der Waals surface area contributed by atoms with Gasteiger partial charge in [0.15, 0.2) is 0 Å². The average Bonchev–Trinajstić information content (AvgIpc) is 2.51. The fourth-order valence-electron chi connectivity index (χ4n) is 1.66. The molecule has 0 radical (unpaired) electrons. The van der Waals surface area contributed by atoms with E-state index in [9.17, 15) is 9.18 Å². The van der Waals surface area contributed by atoms with Crippen LogP contribution in [0.2, 0.25) is 0 Å². The molecule has 0 bridgehead atoms. The minimum absolute atomic E-state index is 0.109. The van der Waals surface area contributed by atoms with Crippen molar-refractivity contribution in [3.8, 4) is 5.75 Å². The lowest BCUT2D eigenvalue weighted by Crippen LogP contribution is -2.34. The van der Waals surface area contributed by atoms with Crippen LogP contribution in [0.4, 0.5) is 14.9 Å². The van der Waals surface area contributed by atoms with Crippen LogP contribution in [0.3, 0.4) is 0 Å². The molecular weight excluding hydrogens is 273 g/mol. The summed E-state index contributed by atoms with van der Waals surface area (Å²) in [5.41, 5.74) is 6.40. The highest BCUT2D eigenvalue weighted by atomic mass is 19.1. The van der Waals surface area contributed by atoms with E-state index in [4.69, 9.17) is 10.5 Å². The average molecular weight is 295 g/mol. The van der Waals surface area contributed by atoms with Crippen molar-refractivity contribution in [2.24, 2.45) is 5.73 Å². The predicted molar refractivity (Wildman–Crippen MR) is 82.1 cm³/mol. The highest BCUT2D eigenvalue weighted by Crippen LogP contribution is 2.16. The normalized spacial score (nSPS) is 11.1. The van der Waals surface area contributed by atoms with E-state index in [2.05, 4.69) is 5.32 Å². The van der Waals surface area contributed by atoms with Gasteiger partial charge in [0.05, 0.1) is 6.33 Å². The van der Waals surface area contributed by atoms with Crippen molar-refractivity contribution in [1.82, 2.24) is 4.90 Å². The maximum atomic E-state index is 12.3. The zero-order chi connectivity index (χ0) is 15.7. The van der Waals surface area contributed by atoms with Crippen LogP contribution >= 0.6 is 0 Å². The van der Waals surface area contributed by atoms with E-state index in [0.717, 1.165) is 0 Å². The minimum atomic E-state index is -0.139. The minimum Gasteiger partial charge on any atom is -0.489 e. The van der Waals surface area contributed by atoms with Crippen LogP contribution in [0.5, 0.6) is 5.75 Å². The number of nitrogens with one attached hydrogen (secondary N) is 1. The Balaban J connectivity index is 2.56. The third kappa shape index (κ3) is 5.43. The molecule has 0 saturated carbocycles. The second-order valence-electron chi connectivity index (χ2n) is 4.39. The topological polar surface area (TPSA) is 67.6 Å². The molecule has 0 aliphatic carbocycles. The number of nitrogens with two attached hydrogens (primary N) is 1. The lowest BCUT2D eigenvalue weighted by atomic mass is 10.3. The van der Waals surface area contributed by atoms with Crippen LogP contribution in [0.25, 0.3) is 0 Å². The van der Waals surface area contributed by atoms with Gasteiger partial charge in [-0.1, -0.05) is 0 Å². The van der Waals surface area contributed by atoms with Crippen molar-refractivity contribution in [2.75, 3.05) is 31.6 Å². The first-order valence-electron chi connectivity index (χ1n) is 6.91. The van der Waals surface area contributed by atoms with Crippen LogP contribution in [0.1, 0.15) is 13.8 Å². The number of hydrogen-bond donors (Lipinski definition) is 2. The second kappa shape index (κ2) is 8.97. The number of halogens is 1. The summed E-state index contributed by atoms with van der Waals surface area (Å²) < 4.78 is 17.7. The molecule has 6 heteroatoms. The van der Waals surface area contributed by atoms with E-state index in [1.54, 1.807) is 29.2 Å². The number of amides is 2. The quantitative estimate of drug-likeness (QED) is 0.812. The molecule has 0 spiro atoms. The van der Waals surface area contributed by atoms with E-state index < -0.39 is 0 Å². The molecule has 0 heterocycles. The van der Waals surface area contributed by atoms with Crippen LogP contribution in [0.15, 0.2) is 36.2 Å². The molecule has 0 unspecified atom stereocenters. The lowest BCUT2D eigenvalue weighted by Gasteiger charge is -2.19. The number of urea groups is 1. The van der Waals surface area contributed by atoms with E-state index in [1.165, 1.54) is 0 Å². The zero-order valence-corrected chi connectivity index (χ0v) is 12.4. The number of benzene rings is 1. The Bertz CT molecular complexity index is 470. The lowest BCUT2D eigenvalue weighted by molar-refractivity contribution is 0.217. The monoisotopic (exact) mass is 295 g/mol. The molecule has 0 fully saturated rings. The van der Waals surface area contributed by atoms with Crippen molar-refractivity contribution in [2.45, 2.75) is 13.8 Å². The van der Waals surface area contributed by atoms with Crippen molar-refractivity contribution in [3.05, 3.63) is 36.2 Å². The maximum absolute atomic E-state index is 12.3. The third-order valence-electron chi connectivity index (χ3n) is 3.00. The van der Waals surface area contributed by atoms with E-state index in [-0.39, 0.29) is 19.2 Å². The van der Waals surface area contributed by atoms with Gasteiger partial charge in [-0.15, -0.1) is 0 Å². The zero-order valence-electron chi connectivity index (χ0n) is 12.4. The van der Waals surface area contributed by atoms with E-state index in [0.29, 0.717) is 36.4 Å². The molecule has 0 atom stereocenters.